The van der Waals surface area contributed by atoms with Crippen molar-refractivity contribution in [3.8, 4) is 0 Å². The molecule has 0 spiro atoms. The molecule has 3 unspecified atom stereocenters. The summed E-state index contributed by atoms with van der Waals surface area (Å²) < 4.78 is 0. The molecule has 3 aliphatic rings. The fourth-order valence-corrected chi connectivity index (χ4v) is 4.56. The quantitative estimate of drug-likeness (QED) is 0.408. The molecular formula is C23H36N4O2. The lowest BCUT2D eigenvalue weighted by Gasteiger charge is -2.34. The topological polar surface area (TPSA) is 99.4 Å². The molecule has 0 aromatic carbocycles. The van der Waals surface area contributed by atoms with Crippen LogP contribution in [0.3, 0.4) is 0 Å². The molecule has 29 heavy (non-hydrogen) atoms. The van der Waals surface area contributed by atoms with Crippen LogP contribution in [0.25, 0.3) is 0 Å². The predicted octanol–water partition coefficient (Wildman–Crippen LogP) is 2.00. The maximum absolute atomic E-state index is 12.0. The molecule has 1 amide bonds. The van der Waals surface area contributed by atoms with E-state index in [0.29, 0.717) is 24.0 Å². The summed E-state index contributed by atoms with van der Waals surface area (Å²) in [7, 11) is 0. The number of aliphatic hydroxyl groups is 1. The Morgan fingerprint density at radius 1 is 1.31 bits per heavy atom. The molecule has 1 fully saturated rings. The molecule has 0 saturated heterocycles. The van der Waals surface area contributed by atoms with Crippen molar-refractivity contribution in [2.45, 2.75) is 70.5 Å². The van der Waals surface area contributed by atoms with Gasteiger partial charge in [0.1, 0.15) is 5.82 Å². The number of dihydropyridines is 1. The van der Waals surface area contributed by atoms with Crippen molar-refractivity contribution < 1.29 is 9.90 Å². The van der Waals surface area contributed by atoms with Gasteiger partial charge in [-0.1, -0.05) is 50.0 Å². The molecule has 3 rings (SSSR count). The minimum absolute atomic E-state index is 0.0270. The number of amides is 1. The van der Waals surface area contributed by atoms with Crippen LogP contribution in [0, 0.1) is 5.92 Å². The zero-order chi connectivity index (χ0) is 20.8. The summed E-state index contributed by atoms with van der Waals surface area (Å²) in [6.45, 7) is 4.86. The fourth-order valence-electron chi connectivity index (χ4n) is 4.56. The molecule has 1 heterocycles. The first-order chi connectivity index (χ1) is 14.0. The highest BCUT2D eigenvalue weighted by molar-refractivity contribution is 5.96. The van der Waals surface area contributed by atoms with Gasteiger partial charge < -0.3 is 26.8 Å². The number of primary amides is 1. The molecule has 0 aromatic rings. The second-order valence-electron chi connectivity index (χ2n) is 8.51. The van der Waals surface area contributed by atoms with Gasteiger partial charge in [0.05, 0.1) is 11.6 Å². The van der Waals surface area contributed by atoms with Crippen LogP contribution < -0.4 is 21.7 Å². The van der Waals surface area contributed by atoms with Crippen LogP contribution in [0.1, 0.15) is 52.4 Å². The molecule has 0 bridgehead atoms. The Morgan fingerprint density at radius 2 is 2.07 bits per heavy atom. The number of rotatable bonds is 9. The van der Waals surface area contributed by atoms with E-state index in [0.717, 1.165) is 17.6 Å². The van der Waals surface area contributed by atoms with Gasteiger partial charge in [-0.2, -0.15) is 0 Å². The molecule has 1 aliphatic heterocycles. The number of nitrogens with two attached hydrogens (primary N) is 1. The molecule has 160 valence electrons. The van der Waals surface area contributed by atoms with Crippen molar-refractivity contribution in [3.63, 3.8) is 0 Å². The van der Waals surface area contributed by atoms with E-state index in [1.54, 1.807) is 0 Å². The minimum atomic E-state index is -0.459. The normalized spacial score (nSPS) is 24.2. The first-order valence-electron chi connectivity index (χ1n) is 11.0. The predicted molar refractivity (Wildman–Crippen MR) is 117 cm³/mol. The first kappa shape index (κ1) is 21.7. The van der Waals surface area contributed by atoms with Crippen molar-refractivity contribution in [1.82, 2.24) is 16.0 Å². The number of aliphatic hydroxyl groups excluding tert-OH is 1. The van der Waals surface area contributed by atoms with Gasteiger partial charge in [-0.3, -0.25) is 4.79 Å². The van der Waals surface area contributed by atoms with Crippen LogP contribution in [0.4, 0.5) is 0 Å². The Bertz CT molecular complexity index is 716. The number of fused-ring (bicyclic) bond motifs is 1. The third kappa shape index (κ3) is 5.52. The van der Waals surface area contributed by atoms with Crippen LogP contribution in [0.2, 0.25) is 0 Å². The standard InChI is InChI=1S/C23H36N4O2/c1-3-20(26-18-7-5-4-6-8-18)17(14-28)13-25-23-19(22(24)29)12-16-11-15(2)9-10-21(16)27-23/h9-12,17-18,20-21,25-28H,3-8,13-14H2,1-2H3,(H2,24,29). The molecule has 1 saturated carbocycles. The van der Waals surface area contributed by atoms with Crippen LogP contribution >= 0.6 is 0 Å². The summed E-state index contributed by atoms with van der Waals surface area (Å²) in [5.74, 6) is 0.245. The SMILES string of the molecule is CCC(NC1CCCCC1)C(CO)CNC1=C(C(N)=O)C=C2C=C(C)C=CC2N1. The third-order valence-electron chi connectivity index (χ3n) is 6.29. The van der Waals surface area contributed by atoms with Gasteiger partial charge in [0, 0.05) is 31.2 Å². The summed E-state index contributed by atoms with van der Waals surface area (Å²) in [6, 6.07) is 0.811. The van der Waals surface area contributed by atoms with E-state index < -0.39 is 5.91 Å². The number of hydrogen-bond donors (Lipinski definition) is 5. The van der Waals surface area contributed by atoms with E-state index in [2.05, 4.69) is 41.1 Å². The maximum atomic E-state index is 12.0. The van der Waals surface area contributed by atoms with E-state index in [4.69, 9.17) is 5.73 Å². The monoisotopic (exact) mass is 400 g/mol. The number of nitrogens with one attached hydrogen (secondary N) is 3. The van der Waals surface area contributed by atoms with Crippen molar-refractivity contribution in [2.75, 3.05) is 13.2 Å². The highest BCUT2D eigenvalue weighted by Crippen LogP contribution is 2.24. The summed E-state index contributed by atoms with van der Waals surface area (Å²) in [6.07, 6.45) is 15.4. The molecule has 2 aliphatic carbocycles. The molecule has 0 aromatic heterocycles. The highest BCUT2D eigenvalue weighted by atomic mass is 16.3. The van der Waals surface area contributed by atoms with Gasteiger partial charge in [0.15, 0.2) is 0 Å². The Labute approximate surface area is 174 Å². The van der Waals surface area contributed by atoms with Crippen LogP contribution in [-0.4, -0.2) is 42.3 Å². The van der Waals surface area contributed by atoms with Crippen molar-refractivity contribution >= 4 is 5.91 Å². The van der Waals surface area contributed by atoms with Gasteiger partial charge in [-0.05, 0) is 37.8 Å². The highest BCUT2D eigenvalue weighted by Gasteiger charge is 2.27. The minimum Gasteiger partial charge on any atom is -0.396 e. The second kappa shape index (κ2) is 10.1. The number of carbonyl (C=O) groups is 1. The molecule has 6 nitrogen and oxygen atoms in total. The van der Waals surface area contributed by atoms with Crippen molar-refractivity contribution in [2.24, 2.45) is 11.7 Å². The van der Waals surface area contributed by atoms with Gasteiger partial charge in [0.25, 0.3) is 5.91 Å². The van der Waals surface area contributed by atoms with Crippen LogP contribution in [0.15, 0.2) is 46.8 Å². The van der Waals surface area contributed by atoms with Crippen LogP contribution in [0.5, 0.6) is 0 Å². The average molecular weight is 401 g/mol. The second-order valence-corrected chi connectivity index (χ2v) is 8.51. The lowest BCUT2D eigenvalue weighted by Crippen LogP contribution is -2.49. The molecule has 6 N–H and O–H groups in total. The third-order valence-corrected chi connectivity index (χ3v) is 6.29. The van der Waals surface area contributed by atoms with Crippen molar-refractivity contribution in [1.29, 1.82) is 0 Å². The maximum Gasteiger partial charge on any atom is 0.252 e. The zero-order valence-corrected chi connectivity index (χ0v) is 17.7. The number of allylic oxidation sites excluding steroid dienone is 2. The number of hydrogen-bond acceptors (Lipinski definition) is 5. The summed E-state index contributed by atoms with van der Waals surface area (Å²) in [4.78, 5) is 12.0. The van der Waals surface area contributed by atoms with E-state index in [1.807, 2.05) is 13.0 Å². The Morgan fingerprint density at radius 3 is 2.72 bits per heavy atom. The van der Waals surface area contributed by atoms with E-state index in [9.17, 15) is 9.90 Å². The van der Waals surface area contributed by atoms with Gasteiger partial charge in [-0.25, -0.2) is 0 Å². The Balaban J connectivity index is 1.68. The first-order valence-corrected chi connectivity index (χ1v) is 11.0. The smallest absolute Gasteiger partial charge is 0.252 e. The summed E-state index contributed by atoms with van der Waals surface area (Å²) in [5, 5.41) is 20.6. The lowest BCUT2D eigenvalue weighted by atomic mass is 9.91. The molecule has 0 radical (unpaired) electrons. The average Bonchev–Trinajstić information content (AvgIpc) is 2.73. The van der Waals surface area contributed by atoms with Gasteiger partial charge in [0.2, 0.25) is 0 Å². The zero-order valence-electron chi connectivity index (χ0n) is 17.7. The summed E-state index contributed by atoms with van der Waals surface area (Å²) in [5.41, 5.74) is 8.28. The molecule has 6 heteroatoms. The summed E-state index contributed by atoms with van der Waals surface area (Å²) >= 11 is 0. The number of carbonyl (C=O) groups excluding carboxylic acids is 1. The molecular weight excluding hydrogens is 364 g/mol. The van der Waals surface area contributed by atoms with E-state index >= 15 is 0 Å². The fraction of sp³-hybridized carbons (Fsp3) is 0.609. The van der Waals surface area contributed by atoms with E-state index in [1.165, 1.54) is 32.1 Å². The molecule has 3 atom stereocenters. The van der Waals surface area contributed by atoms with Crippen LogP contribution in [-0.2, 0) is 4.79 Å². The van der Waals surface area contributed by atoms with Gasteiger partial charge >= 0.3 is 0 Å². The Kier molecular flexibility index (Phi) is 7.56. The van der Waals surface area contributed by atoms with Gasteiger partial charge in [-0.15, -0.1) is 0 Å². The Hall–Kier alpha value is -2.05. The largest absolute Gasteiger partial charge is 0.396 e. The van der Waals surface area contributed by atoms with Crippen molar-refractivity contribution in [3.05, 3.63) is 46.8 Å². The lowest BCUT2D eigenvalue weighted by molar-refractivity contribution is -0.114. The van der Waals surface area contributed by atoms with E-state index in [-0.39, 0.29) is 24.6 Å².